The minimum absolute atomic E-state index is 0.0721. The maximum Gasteiger partial charge on any atom is 0.128 e. The monoisotopic (exact) mass is 444 g/mol. The fourth-order valence-corrected chi connectivity index (χ4v) is 7.39. The molecule has 4 aromatic heterocycles. The van der Waals surface area contributed by atoms with Crippen LogP contribution in [0.4, 0.5) is 0 Å². The van der Waals surface area contributed by atoms with Crippen LogP contribution in [0.2, 0.25) is 0 Å². The summed E-state index contributed by atoms with van der Waals surface area (Å²) in [5, 5.41) is 7.25. The Balaban J connectivity index is 1.71. The fraction of sp³-hybridized carbons (Fsp3) is 0.200. The van der Waals surface area contributed by atoms with Crippen LogP contribution < -0.4 is 0 Å². The third-order valence-corrected chi connectivity index (χ3v) is 8.70. The summed E-state index contributed by atoms with van der Waals surface area (Å²) in [6, 6.07) is 13.8. The van der Waals surface area contributed by atoms with E-state index < -0.39 is 0 Å². The molecule has 6 aromatic rings. The lowest BCUT2D eigenvalue weighted by Gasteiger charge is -2.21. The normalized spacial score (nSPS) is 12.7. The molecule has 5 heteroatoms. The summed E-state index contributed by atoms with van der Waals surface area (Å²) >= 11 is 5.45. The van der Waals surface area contributed by atoms with E-state index in [0.29, 0.717) is 0 Å². The van der Waals surface area contributed by atoms with Crippen molar-refractivity contribution >= 4 is 74.5 Å². The SMILES string of the molecule is Cc1cc2cc3sc4ncnc(-c5cc(C(C)(C)C)c6sccc6c5)c4c3cc2s1. The van der Waals surface area contributed by atoms with Crippen molar-refractivity contribution in [2.75, 3.05) is 0 Å². The van der Waals surface area contributed by atoms with E-state index >= 15 is 0 Å². The van der Waals surface area contributed by atoms with E-state index in [0.717, 1.165) is 10.5 Å². The largest absolute Gasteiger partial charge is 0.236 e. The molecule has 0 saturated carbocycles. The van der Waals surface area contributed by atoms with Crippen LogP contribution in [0.3, 0.4) is 0 Å². The van der Waals surface area contributed by atoms with E-state index in [4.69, 9.17) is 4.98 Å². The van der Waals surface area contributed by atoms with Crippen molar-refractivity contribution in [1.82, 2.24) is 9.97 Å². The minimum Gasteiger partial charge on any atom is -0.236 e. The van der Waals surface area contributed by atoms with Crippen molar-refractivity contribution in [3.8, 4) is 11.3 Å². The third kappa shape index (κ3) is 2.73. The number of aromatic nitrogens is 2. The molecular weight excluding hydrogens is 424 g/mol. The number of thiophene rings is 3. The van der Waals surface area contributed by atoms with Crippen molar-refractivity contribution in [3.63, 3.8) is 0 Å². The standard InChI is InChI=1S/C25H20N2S3/c1-13-7-15-10-20-17(11-19(15)29-13)21-22(26-12-27-24(21)30-20)16-8-14-5-6-28-23(14)18(9-16)25(2,3)4/h5-12H,1-4H3. The number of rotatable bonds is 1. The molecule has 0 spiro atoms. The first kappa shape index (κ1) is 18.4. The van der Waals surface area contributed by atoms with Gasteiger partial charge in [-0.2, -0.15) is 0 Å². The van der Waals surface area contributed by atoms with Gasteiger partial charge < -0.3 is 0 Å². The number of hydrogen-bond acceptors (Lipinski definition) is 5. The van der Waals surface area contributed by atoms with Gasteiger partial charge in [0.1, 0.15) is 11.2 Å². The minimum atomic E-state index is 0.0721. The Morgan fingerprint density at radius 3 is 2.57 bits per heavy atom. The van der Waals surface area contributed by atoms with Crippen LogP contribution in [0, 0.1) is 6.92 Å². The number of nitrogens with zero attached hydrogens (tertiary/aromatic N) is 2. The van der Waals surface area contributed by atoms with Crippen molar-refractivity contribution in [2.24, 2.45) is 0 Å². The summed E-state index contributed by atoms with van der Waals surface area (Å²) in [5.74, 6) is 0. The Bertz CT molecular complexity index is 1590. The van der Waals surface area contributed by atoms with Crippen molar-refractivity contribution in [1.29, 1.82) is 0 Å². The first-order valence-corrected chi connectivity index (χ1v) is 12.5. The highest BCUT2D eigenvalue weighted by Gasteiger charge is 2.21. The molecule has 0 unspecified atom stereocenters. The Hall–Kier alpha value is -2.34. The molecular formula is C25H20N2S3. The van der Waals surface area contributed by atoms with Gasteiger partial charge >= 0.3 is 0 Å². The van der Waals surface area contributed by atoms with Crippen LogP contribution in [-0.4, -0.2) is 9.97 Å². The summed E-state index contributed by atoms with van der Waals surface area (Å²) in [6.07, 6.45) is 1.72. The van der Waals surface area contributed by atoms with E-state index in [1.165, 1.54) is 51.6 Å². The second-order valence-corrected chi connectivity index (χ2v) is 12.1. The molecule has 0 aliphatic heterocycles. The van der Waals surface area contributed by atoms with E-state index in [1.807, 2.05) is 22.7 Å². The Morgan fingerprint density at radius 2 is 1.73 bits per heavy atom. The molecule has 30 heavy (non-hydrogen) atoms. The van der Waals surface area contributed by atoms with E-state index in [2.05, 4.69) is 74.5 Å². The Labute approximate surface area is 186 Å². The number of hydrogen-bond donors (Lipinski definition) is 0. The third-order valence-electron chi connectivity index (χ3n) is 5.66. The van der Waals surface area contributed by atoms with Crippen LogP contribution in [0.5, 0.6) is 0 Å². The highest BCUT2D eigenvalue weighted by Crippen LogP contribution is 2.43. The predicted octanol–water partition coefficient (Wildman–Crippen LogP) is 8.55. The zero-order valence-corrected chi connectivity index (χ0v) is 19.7. The van der Waals surface area contributed by atoms with Gasteiger partial charge in [0.05, 0.1) is 5.69 Å². The molecule has 2 aromatic carbocycles. The first-order chi connectivity index (χ1) is 14.4. The lowest BCUT2D eigenvalue weighted by molar-refractivity contribution is 0.597. The molecule has 0 aliphatic rings. The molecule has 0 atom stereocenters. The quantitative estimate of drug-likeness (QED) is 0.254. The second kappa shape index (κ2) is 6.33. The lowest BCUT2D eigenvalue weighted by Crippen LogP contribution is -2.11. The maximum absolute atomic E-state index is 4.80. The molecule has 0 aliphatic carbocycles. The molecule has 6 rings (SSSR count). The summed E-state index contributed by atoms with van der Waals surface area (Å²) in [5.41, 5.74) is 3.67. The smallest absolute Gasteiger partial charge is 0.128 e. The number of aryl methyl sites for hydroxylation is 1. The molecule has 0 bridgehead atoms. The van der Waals surface area contributed by atoms with Crippen molar-refractivity contribution in [3.05, 3.63) is 58.5 Å². The van der Waals surface area contributed by atoms with E-state index in [-0.39, 0.29) is 5.41 Å². The van der Waals surface area contributed by atoms with Gasteiger partial charge in [-0.15, -0.1) is 34.0 Å². The molecule has 0 amide bonds. The van der Waals surface area contributed by atoms with Gasteiger partial charge in [0.2, 0.25) is 0 Å². The van der Waals surface area contributed by atoms with E-state index in [9.17, 15) is 0 Å². The van der Waals surface area contributed by atoms with Gasteiger partial charge in [-0.05, 0) is 70.5 Å². The van der Waals surface area contributed by atoms with Gasteiger partial charge in [0.15, 0.2) is 0 Å². The van der Waals surface area contributed by atoms with Gasteiger partial charge in [-0.3, -0.25) is 0 Å². The molecule has 0 saturated heterocycles. The molecule has 0 fully saturated rings. The van der Waals surface area contributed by atoms with Crippen LogP contribution in [0.15, 0.2) is 48.1 Å². The summed E-state index contributed by atoms with van der Waals surface area (Å²) in [7, 11) is 0. The van der Waals surface area contributed by atoms with Crippen LogP contribution in [0.1, 0.15) is 31.2 Å². The average molecular weight is 445 g/mol. The van der Waals surface area contributed by atoms with Gasteiger partial charge in [0.25, 0.3) is 0 Å². The molecule has 0 radical (unpaired) electrons. The maximum atomic E-state index is 4.80. The van der Waals surface area contributed by atoms with Gasteiger partial charge in [-0.1, -0.05) is 20.8 Å². The molecule has 148 valence electrons. The van der Waals surface area contributed by atoms with Crippen LogP contribution in [-0.2, 0) is 5.41 Å². The Kier molecular flexibility index (Phi) is 3.89. The number of benzene rings is 2. The van der Waals surface area contributed by atoms with Gasteiger partial charge in [0, 0.05) is 35.3 Å². The van der Waals surface area contributed by atoms with Gasteiger partial charge in [-0.25, -0.2) is 9.97 Å². The highest BCUT2D eigenvalue weighted by molar-refractivity contribution is 7.26. The average Bonchev–Trinajstić information content (AvgIpc) is 3.39. The highest BCUT2D eigenvalue weighted by atomic mass is 32.1. The second-order valence-electron chi connectivity index (χ2n) is 8.86. The molecule has 4 heterocycles. The molecule has 0 N–H and O–H groups in total. The topological polar surface area (TPSA) is 25.8 Å². The number of fused-ring (bicyclic) bond motifs is 5. The summed E-state index contributed by atoms with van der Waals surface area (Å²) < 4.78 is 3.99. The zero-order chi connectivity index (χ0) is 20.6. The van der Waals surface area contributed by atoms with Crippen LogP contribution >= 0.6 is 34.0 Å². The van der Waals surface area contributed by atoms with Crippen molar-refractivity contribution < 1.29 is 0 Å². The Morgan fingerprint density at radius 1 is 0.867 bits per heavy atom. The summed E-state index contributed by atoms with van der Waals surface area (Å²) in [6.45, 7) is 9.04. The summed E-state index contributed by atoms with van der Waals surface area (Å²) in [4.78, 5) is 11.8. The van der Waals surface area contributed by atoms with Crippen molar-refractivity contribution in [2.45, 2.75) is 33.1 Å². The first-order valence-electron chi connectivity index (χ1n) is 9.98. The predicted molar refractivity (Wildman–Crippen MR) is 135 cm³/mol. The zero-order valence-electron chi connectivity index (χ0n) is 17.2. The van der Waals surface area contributed by atoms with Crippen LogP contribution in [0.25, 0.3) is 51.7 Å². The van der Waals surface area contributed by atoms with E-state index in [1.54, 1.807) is 17.7 Å². The fourth-order valence-electron chi connectivity index (χ4n) is 4.27. The molecule has 2 nitrogen and oxygen atoms in total. The lowest BCUT2D eigenvalue weighted by atomic mass is 9.85.